The fraction of sp³-hybridized carbons (Fsp3) is 0.375. The molecule has 1 heterocycles. The summed E-state index contributed by atoms with van der Waals surface area (Å²) in [5.41, 5.74) is 3.99. The van der Waals surface area contributed by atoms with Gasteiger partial charge in [0.2, 0.25) is 0 Å². The maximum atomic E-state index is 4.32. The highest BCUT2D eigenvalue weighted by Crippen LogP contribution is 2.24. The lowest BCUT2D eigenvalue weighted by Gasteiger charge is -2.13. The van der Waals surface area contributed by atoms with Crippen molar-refractivity contribution in [3.8, 4) is 0 Å². The molecule has 1 aromatic rings. The predicted molar refractivity (Wildman–Crippen MR) is 83.2 cm³/mol. The molecule has 0 saturated heterocycles. The van der Waals surface area contributed by atoms with E-state index in [0.29, 0.717) is 0 Å². The minimum absolute atomic E-state index is 0.797. The Hall–Kier alpha value is -2.19. The molecule has 0 fully saturated rings. The van der Waals surface area contributed by atoms with Gasteiger partial charge in [0.15, 0.2) is 6.20 Å². The van der Waals surface area contributed by atoms with E-state index in [9.17, 15) is 0 Å². The number of benzene rings is 1. The largest absolute Gasteiger partial charge is 0.378 e. The van der Waals surface area contributed by atoms with Gasteiger partial charge in [-0.3, -0.25) is 0 Å². The van der Waals surface area contributed by atoms with Crippen LogP contribution in [0.25, 0.3) is 0 Å². The molecule has 0 aromatic heterocycles. The second-order valence-electron chi connectivity index (χ2n) is 5.02. The molecule has 0 N–H and O–H groups in total. The standard InChI is InChI=1S/C16H21N4/c1-5-20-10-8-14(9-11-20)17-18-16-7-6-15(19(3)4)12-13(16)2/h6-8,11-12H,5,10H2,1-4H3/q+1. The average Bonchev–Trinajstić information content (AvgIpc) is 2.46. The number of likely N-dealkylation sites (N-methyl/N-ethyl adjacent to an activating group) is 1. The van der Waals surface area contributed by atoms with Crippen LogP contribution in [-0.4, -0.2) is 32.1 Å². The van der Waals surface area contributed by atoms with Crippen LogP contribution < -0.4 is 4.90 Å². The van der Waals surface area contributed by atoms with Crippen molar-refractivity contribution in [3.05, 3.63) is 47.8 Å². The van der Waals surface area contributed by atoms with Gasteiger partial charge in [-0.15, -0.1) is 5.11 Å². The maximum absolute atomic E-state index is 4.32. The van der Waals surface area contributed by atoms with Gasteiger partial charge in [0.25, 0.3) is 0 Å². The van der Waals surface area contributed by atoms with Gasteiger partial charge in [0.1, 0.15) is 12.6 Å². The topological polar surface area (TPSA) is 31.2 Å². The second-order valence-corrected chi connectivity index (χ2v) is 5.02. The molecule has 1 aliphatic heterocycles. The third-order valence-electron chi connectivity index (χ3n) is 3.28. The number of anilines is 1. The first-order valence-electron chi connectivity index (χ1n) is 6.84. The summed E-state index contributed by atoms with van der Waals surface area (Å²) in [6.45, 7) is 6.03. The molecule has 104 valence electrons. The Kier molecular flexibility index (Phi) is 4.49. The van der Waals surface area contributed by atoms with Gasteiger partial charge in [-0.05, 0) is 37.6 Å². The van der Waals surface area contributed by atoms with E-state index in [-0.39, 0.29) is 0 Å². The summed E-state index contributed by atoms with van der Waals surface area (Å²) >= 11 is 0. The highest BCUT2D eigenvalue weighted by molar-refractivity contribution is 5.56. The van der Waals surface area contributed by atoms with E-state index in [2.05, 4.69) is 52.1 Å². The Bertz CT molecular complexity index is 556. The molecule has 20 heavy (non-hydrogen) atoms. The lowest BCUT2D eigenvalue weighted by Crippen LogP contribution is -2.18. The van der Waals surface area contributed by atoms with Crippen LogP contribution in [0.3, 0.4) is 0 Å². The molecule has 0 aliphatic carbocycles. The van der Waals surface area contributed by atoms with Crippen LogP contribution in [-0.2, 0) is 0 Å². The van der Waals surface area contributed by atoms with Crippen molar-refractivity contribution in [1.82, 2.24) is 4.90 Å². The molecule has 4 heteroatoms. The smallest absolute Gasteiger partial charge is 0.304 e. The van der Waals surface area contributed by atoms with E-state index in [0.717, 1.165) is 30.0 Å². The summed E-state index contributed by atoms with van der Waals surface area (Å²) in [5.74, 6) is 0. The van der Waals surface area contributed by atoms with Gasteiger partial charge < -0.3 is 9.80 Å². The second kappa shape index (κ2) is 6.31. The highest BCUT2D eigenvalue weighted by atomic mass is 15.1. The minimum Gasteiger partial charge on any atom is -0.378 e. The average molecular weight is 269 g/mol. The van der Waals surface area contributed by atoms with Crippen LogP contribution in [0.4, 0.5) is 11.4 Å². The van der Waals surface area contributed by atoms with E-state index < -0.39 is 0 Å². The quantitative estimate of drug-likeness (QED) is 0.616. The lowest BCUT2D eigenvalue weighted by molar-refractivity contribution is 0.431. The number of aryl methyl sites for hydroxylation is 1. The van der Waals surface area contributed by atoms with Gasteiger partial charge in [-0.1, -0.05) is 5.11 Å². The molecular formula is C16H21N4+. The zero-order chi connectivity index (χ0) is 14.5. The summed E-state index contributed by atoms with van der Waals surface area (Å²) in [6.07, 6.45) is 7.11. The fourth-order valence-electron chi connectivity index (χ4n) is 1.90. The van der Waals surface area contributed by atoms with Gasteiger partial charge in [0.05, 0.1) is 11.8 Å². The first kappa shape index (κ1) is 14.2. The van der Waals surface area contributed by atoms with Crippen molar-refractivity contribution >= 4 is 11.4 Å². The molecular weight excluding hydrogens is 248 g/mol. The summed E-state index contributed by atoms with van der Waals surface area (Å²) in [4.78, 5) is 4.24. The number of hydrogen-bond acceptors (Lipinski definition) is 4. The maximum Gasteiger partial charge on any atom is 0.304 e. The van der Waals surface area contributed by atoms with E-state index in [1.165, 1.54) is 5.69 Å². The zero-order valence-electron chi connectivity index (χ0n) is 12.6. The van der Waals surface area contributed by atoms with Crippen LogP contribution in [0.2, 0.25) is 0 Å². The summed E-state index contributed by atoms with van der Waals surface area (Å²) in [6, 6.07) is 6.16. The molecule has 0 spiro atoms. The number of rotatable bonds is 4. The Balaban J connectivity index is 2.09. The Morgan fingerprint density at radius 3 is 2.65 bits per heavy atom. The Morgan fingerprint density at radius 1 is 1.30 bits per heavy atom. The van der Waals surface area contributed by atoms with Crippen molar-refractivity contribution in [3.63, 3.8) is 0 Å². The molecule has 0 unspecified atom stereocenters. The molecule has 4 nitrogen and oxygen atoms in total. The third-order valence-corrected chi connectivity index (χ3v) is 3.28. The third kappa shape index (κ3) is 3.43. The first-order chi connectivity index (χ1) is 9.60. The molecule has 1 aliphatic rings. The Morgan fingerprint density at radius 2 is 2.10 bits per heavy atom. The van der Waals surface area contributed by atoms with E-state index in [4.69, 9.17) is 0 Å². The molecule has 0 amide bonds. The molecule has 0 radical (unpaired) electrons. The van der Waals surface area contributed by atoms with Crippen LogP contribution in [0, 0.1) is 13.0 Å². The summed E-state index contributed by atoms with van der Waals surface area (Å²) in [7, 11) is 4.06. The van der Waals surface area contributed by atoms with Crippen molar-refractivity contribution in [2.75, 3.05) is 32.1 Å². The van der Waals surface area contributed by atoms with Crippen LogP contribution in [0.15, 0.2) is 46.4 Å². The minimum atomic E-state index is 0.797. The van der Waals surface area contributed by atoms with Gasteiger partial charge in [-0.2, -0.15) is 0 Å². The molecule has 0 bridgehead atoms. The highest BCUT2D eigenvalue weighted by Gasteiger charge is 2.12. The normalized spacial score (nSPS) is 14.4. The lowest BCUT2D eigenvalue weighted by atomic mass is 10.2. The first-order valence-corrected chi connectivity index (χ1v) is 6.84. The van der Waals surface area contributed by atoms with Gasteiger partial charge in [-0.25, -0.2) is 0 Å². The van der Waals surface area contributed by atoms with Crippen LogP contribution >= 0.6 is 0 Å². The van der Waals surface area contributed by atoms with Crippen molar-refractivity contribution in [2.24, 2.45) is 10.2 Å². The zero-order valence-corrected chi connectivity index (χ0v) is 12.6. The molecule has 2 rings (SSSR count). The monoisotopic (exact) mass is 269 g/mol. The van der Waals surface area contributed by atoms with Crippen molar-refractivity contribution < 1.29 is 0 Å². The Labute approximate surface area is 121 Å². The van der Waals surface area contributed by atoms with E-state index in [1.54, 1.807) is 0 Å². The number of azo groups is 1. The van der Waals surface area contributed by atoms with Crippen molar-refractivity contribution in [1.29, 1.82) is 0 Å². The molecule has 1 aromatic carbocycles. The van der Waals surface area contributed by atoms with E-state index in [1.807, 2.05) is 32.4 Å². The van der Waals surface area contributed by atoms with Gasteiger partial charge >= 0.3 is 5.70 Å². The number of nitrogens with zero attached hydrogens (tertiary/aromatic N) is 4. The van der Waals surface area contributed by atoms with Crippen LogP contribution in [0.1, 0.15) is 12.5 Å². The number of hydrogen-bond donors (Lipinski definition) is 0. The summed E-state index contributed by atoms with van der Waals surface area (Å²) < 4.78 is 0. The van der Waals surface area contributed by atoms with E-state index >= 15 is 0 Å². The number of allylic oxidation sites excluding steroid dienone is 1. The SMILES string of the molecule is CCN1C=[C+]C(N=Nc2ccc(N(C)C)cc2C)=CC1. The fourth-order valence-corrected chi connectivity index (χ4v) is 1.90. The van der Waals surface area contributed by atoms with Gasteiger partial charge in [0, 0.05) is 26.3 Å². The summed E-state index contributed by atoms with van der Waals surface area (Å²) in [5, 5.41) is 8.58. The molecule has 0 saturated carbocycles. The molecule has 0 atom stereocenters. The van der Waals surface area contributed by atoms with Crippen molar-refractivity contribution in [2.45, 2.75) is 13.8 Å². The predicted octanol–water partition coefficient (Wildman–Crippen LogP) is 3.68. The van der Waals surface area contributed by atoms with Crippen LogP contribution in [0.5, 0.6) is 0 Å².